The molecule has 27 heavy (non-hydrogen) atoms. The monoisotopic (exact) mass is 365 g/mol. The SMILES string of the molecule is CN(C)C(=O)C(OC(=O)Cc1n[nH]c(=O)c2ccccc12)c1ccccc1. The van der Waals surface area contributed by atoms with E-state index in [1.54, 1.807) is 62.6 Å². The molecule has 3 aromatic rings. The quantitative estimate of drug-likeness (QED) is 0.697. The van der Waals surface area contributed by atoms with Crippen molar-refractivity contribution in [3.63, 3.8) is 0 Å². The fraction of sp³-hybridized carbons (Fsp3) is 0.200. The number of rotatable bonds is 5. The maximum absolute atomic E-state index is 12.5. The summed E-state index contributed by atoms with van der Waals surface area (Å²) in [6.45, 7) is 0. The number of esters is 1. The lowest BCUT2D eigenvalue weighted by atomic mass is 10.1. The number of H-pyrrole nitrogens is 1. The van der Waals surface area contributed by atoms with Crippen LogP contribution in [0.15, 0.2) is 59.4 Å². The second kappa shape index (κ2) is 7.82. The van der Waals surface area contributed by atoms with Gasteiger partial charge in [0.2, 0.25) is 6.10 Å². The number of nitrogens with one attached hydrogen (secondary N) is 1. The summed E-state index contributed by atoms with van der Waals surface area (Å²) in [5.74, 6) is -0.947. The minimum absolute atomic E-state index is 0.165. The predicted octanol–water partition coefficient (Wildman–Crippen LogP) is 1.84. The van der Waals surface area contributed by atoms with Gasteiger partial charge in [-0.2, -0.15) is 5.10 Å². The average molecular weight is 365 g/mol. The number of amides is 1. The number of hydrogen-bond acceptors (Lipinski definition) is 5. The van der Waals surface area contributed by atoms with Crippen LogP contribution in [-0.4, -0.2) is 41.1 Å². The van der Waals surface area contributed by atoms with Gasteiger partial charge in [0.15, 0.2) is 0 Å². The summed E-state index contributed by atoms with van der Waals surface area (Å²) < 4.78 is 5.48. The molecule has 1 unspecified atom stereocenters. The fourth-order valence-corrected chi connectivity index (χ4v) is 2.74. The molecule has 0 spiro atoms. The van der Waals surface area contributed by atoms with Crippen LogP contribution in [0.4, 0.5) is 0 Å². The molecular weight excluding hydrogens is 346 g/mol. The van der Waals surface area contributed by atoms with E-state index >= 15 is 0 Å². The van der Waals surface area contributed by atoms with Crippen molar-refractivity contribution in [2.75, 3.05) is 14.1 Å². The Labute approximate surface area is 155 Å². The van der Waals surface area contributed by atoms with Gasteiger partial charge < -0.3 is 9.64 Å². The molecule has 1 heterocycles. The third kappa shape index (κ3) is 4.03. The Kier molecular flexibility index (Phi) is 5.30. The molecule has 1 atom stereocenters. The van der Waals surface area contributed by atoms with E-state index in [0.717, 1.165) is 0 Å². The number of aromatic amines is 1. The standard InChI is InChI=1S/C20H19N3O4/c1-23(2)20(26)18(13-8-4-3-5-9-13)27-17(24)12-16-14-10-6-7-11-15(14)19(25)22-21-16/h3-11,18H,12H2,1-2H3,(H,22,25). The molecule has 1 amide bonds. The lowest BCUT2D eigenvalue weighted by molar-refractivity contribution is -0.159. The molecule has 0 saturated heterocycles. The van der Waals surface area contributed by atoms with Crippen LogP contribution < -0.4 is 5.56 Å². The van der Waals surface area contributed by atoms with Gasteiger partial charge in [0.1, 0.15) is 0 Å². The minimum atomic E-state index is -1.04. The Hall–Kier alpha value is -3.48. The molecule has 7 nitrogen and oxygen atoms in total. The topological polar surface area (TPSA) is 92.4 Å². The van der Waals surface area contributed by atoms with Gasteiger partial charge in [-0.15, -0.1) is 0 Å². The van der Waals surface area contributed by atoms with Crippen molar-refractivity contribution in [2.24, 2.45) is 0 Å². The maximum atomic E-state index is 12.5. The molecule has 1 aromatic heterocycles. The molecule has 1 N–H and O–H groups in total. The number of carbonyl (C=O) groups excluding carboxylic acids is 2. The molecule has 0 bridgehead atoms. The number of likely N-dealkylation sites (N-methyl/N-ethyl adjacent to an activating group) is 1. The second-order valence-electron chi connectivity index (χ2n) is 6.24. The lowest BCUT2D eigenvalue weighted by Crippen LogP contribution is -2.31. The Morgan fingerprint density at radius 2 is 1.67 bits per heavy atom. The van der Waals surface area contributed by atoms with Gasteiger partial charge in [0.25, 0.3) is 11.5 Å². The Morgan fingerprint density at radius 3 is 2.33 bits per heavy atom. The molecular formula is C20H19N3O4. The zero-order valence-electron chi connectivity index (χ0n) is 15.0. The van der Waals surface area contributed by atoms with Crippen LogP contribution in [0.3, 0.4) is 0 Å². The molecule has 0 aliphatic rings. The van der Waals surface area contributed by atoms with E-state index in [1.807, 2.05) is 6.07 Å². The fourth-order valence-electron chi connectivity index (χ4n) is 2.74. The van der Waals surface area contributed by atoms with E-state index in [0.29, 0.717) is 22.0 Å². The summed E-state index contributed by atoms with van der Waals surface area (Å²) in [4.78, 5) is 38.2. The van der Waals surface area contributed by atoms with E-state index in [1.165, 1.54) is 4.90 Å². The van der Waals surface area contributed by atoms with Gasteiger partial charge in [0.05, 0.1) is 17.5 Å². The van der Waals surface area contributed by atoms with Gasteiger partial charge >= 0.3 is 5.97 Å². The highest BCUT2D eigenvalue weighted by Crippen LogP contribution is 2.21. The van der Waals surface area contributed by atoms with Crippen molar-refractivity contribution >= 4 is 22.6 Å². The number of aromatic nitrogens is 2. The van der Waals surface area contributed by atoms with Crippen molar-refractivity contribution in [3.05, 3.63) is 76.2 Å². The van der Waals surface area contributed by atoms with Crippen molar-refractivity contribution in [3.8, 4) is 0 Å². The van der Waals surface area contributed by atoms with E-state index < -0.39 is 12.1 Å². The van der Waals surface area contributed by atoms with Crippen molar-refractivity contribution < 1.29 is 14.3 Å². The number of carbonyl (C=O) groups is 2. The molecule has 138 valence electrons. The highest BCUT2D eigenvalue weighted by molar-refractivity contribution is 5.88. The van der Waals surface area contributed by atoms with Crippen LogP contribution >= 0.6 is 0 Å². The predicted molar refractivity (Wildman–Crippen MR) is 100 cm³/mol. The first kappa shape index (κ1) is 18.3. The van der Waals surface area contributed by atoms with Crippen LogP contribution in [0.2, 0.25) is 0 Å². The maximum Gasteiger partial charge on any atom is 0.313 e. The third-order valence-electron chi connectivity index (χ3n) is 4.10. The summed E-state index contributed by atoms with van der Waals surface area (Å²) in [6, 6.07) is 15.7. The van der Waals surface area contributed by atoms with E-state index in [4.69, 9.17) is 4.74 Å². The average Bonchev–Trinajstić information content (AvgIpc) is 2.68. The van der Waals surface area contributed by atoms with Gasteiger partial charge in [-0.25, -0.2) is 5.10 Å². The Bertz CT molecular complexity index is 1030. The zero-order valence-corrected chi connectivity index (χ0v) is 15.0. The lowest BCUT2D eigenvalue weighted by Gasteiger charge is -2.21. The first-order chi connectivity index (χ1) is 13.0. The summed E-state index contributed by atoms with van der Waals surface area (Å²) in [5.41, 5.74) is 0.649. The van der Waals surface area contributed by atoms with Gasteiger partial charge in [-0.1, -0.05) is 48.5 Å². The van der Waals surface area contributed by atoms with Crippen molar-refractivity contribution in [2.45, 2.75) is 12.5 Å². The molecule has 7 heteroatoms. The van der Waals surface area contributed by atoms with Gasteiger partial charge in [0, 0.05) is 25.0 Å². The van der Waals surface area contributed by atoms with Crippen LogP contribution in [0.25, 0.3) is 10.8 Å². The van der Waals surface area contributed by atoms with Crippen LogP contribution in [0.1, 0.15) is 17.4 Å². The molecule has 0 saturated carbocycles. The van der Waals surface area contributed by atoms with E-state index in [9.17, 15) is 14.4 Å². The van der Waals surface area contributed by atoms with Gasteiger partial charge in [-0.05, 0) is 6.07 Å². The van der Waals surface area contributed by atoms with Crippen molar-refractivity contribution in [1.82, 2.24) is 15.1 Å². The molecule has 0 aliphatic heterocycles. The first-order valence-corrected chi connectivity index (χ1v) is 8.39. The van der Waals surface area contributed by atoms with E-state index in [2.05, 4.69) is 10.2 Å². The highest BCUT2D eigenvalue weighted by Gasteiger charge is 2.27. The number of ether oxygens (including phenoxy) is 1. The largest absolute Gasteiger partial charge is 0.447 e. The van der Waals surface area contributed by atoms with E-state index in [-0.39, 0.29) is 17.9 Å². The first-order valence-electron chi connectivity index (χ1n) is 8.39. The van der Waals surface area contributed by atoms with Gasteiger partial charge in [-0.3, -0.25) is 14.4 Å². The molecule has 3 rings (SSSR count). The zero-order chi connectivity index (χ0) is 19.4. The summed E-state index contributed by atoms with van der Waals surface area (Å²) in [7, 11) is 3.20. The normalized spacial score (nSPS) is 11.8. The Balaban J connectivity index is 1.86. The summed E-state index contributed by atoms with van der Waals surface area (Å²) in [5, 5.41) is 7.38. The summed E-state index contributed by atoms with van der Waals surface area (Å²) >= 11 is 0. The number of benzene rings is 2. The number of nitrogens with zero attached hydrogens (tertiary/aromatic N) is 2. The number of fused-ring (bicyclic) bond motifs is 1. The molecule has 0 radical (unpaired) electrons. The number of hydrogen-bond donors (Lipinski definition) is 1. The van der Waals surface area contributed by atoms with Crippen LogP contribution in [0.5, 0.6) is 0 Å². The van der Waals surface area contributed by atoms with Crippen molar-refractivity contribution in [1.29, 1.82) is 0 Å². The molecule has 0 aliphatic carbocycles. The Morgan fingerprint density at radius 1 is 1.04 bits per heavy atom. The summed E-state index contributed by atoms with van der Waals surface area (Å²) in [6.07, 6.45) is -1.20. The van der Waals surface area contributed by atoms with Crippen LogP contribution in [0, 0.1) is 0 Å². The second-order valence-corrected chi connectivity index (χ2v) is 6.24. The smallest absolute Gasteiger partial charge is 0.313 e. The molecule has 2 aromatic carbocycles. The minimum Gasteiger partial charge on any atom is -0.447 e. The molecule has 0 fully saturated rings. The highest BCUT2D eigenvalue weighted by atomic mass is 16.5. The third-order valence-corrected chi connectivity index (χ3v) is 4.10. The van der Waals surface area contributed by atoms with Crippen LogP contribution in [-0.2, 0) is 20.7 Å².